The molecule has 3 N–H and O–H groups in total. The normalized spacial score (nSPS) is 10.7. The van der Waals surface area contributed by atoms with Crippen LogP contribution in [0.25, 0.3) is 0 Å². The molecule has 0 aliphatic rings. The van der Waals surface area contributed by atoms with Crippen LogP contribution in [-0.4, -0.2) is 19.0 Å². The molecule has 0 fully saturated rings. The molecule has 0 aliphatic heterocycles. The summed E-state index contributed by atoms with van der Waals surface area (Å²) in [5, 5.41) is 2.26. The zero-order valence-corrected chi connectivity index (χ0v) is 9.87. The third-order valence-electron chi connectivity index (χ3n) is 1.92. The van der Waals surface area contributed by atoms with Gasteiger partial charge in [0, 0.05) is 18.7 Å². The van der Waals surface area contributed by atoms with Gasteiger partial charge in [0.1, 0.15) is 5.82 Å². The van der Waals surface area contributed by atoms with E-state index in [1.165, 1.54) is 0 Å². The Hall–Kier alpha value is -1.34. The molecule has 102 valence electrons. The van der Waals surface area contributed by atoms with Gasteiger partial charge >= 0.3 is 6.18 Å². The first-order valence-corrected chi connectivity index (χ1v) is 4.70. The van der Waals surface area contributed by atoms with Gasteiger partial charge in [0.15, 0.2) is 0 Å². The number of halogens is 5. The summed E-state index contributed by atoms with van der Waals surface area (Å²) in [6.45, 7) is 0.254. The molecule has 1 aromatic carbocycles. The summed E-state index contributed by atoms with van der Waals surface area (Å²) in [6, 6.07) is 1.66. The number of benzene rings is 1. The standard InChI is InChI=1S/C10H10F4N2O.ClH/c11-8-4-6(9(17)16-2-1-15)3-7(5-8)10(12,13)14;/h3-5H,1-2,15H2,(H,16,17);1H. The lowest BCUT2D eigenvalue weighted by Gasteiger charge is -2.09. The van der Waals surface area contributed by atoms with Gasteiger partial charge in [0.25, 0.3) is 5.91 Å². The lowest BCUT2D eigenvalue weighted by Crippen LogP contribution is -2.29. The first-order valence-electron chi connectivity index (χ1n) is 4.70. The Kier molecular flexibility index (Phi) is 6.07. The van der Waals surface area contributed by atoms with Crippen LogP contribution >= 0.6 is 12.4 Å². The van der Waals surface area contributed by atoms with Crippen molar-refractivity contribution in [2.24, 2.45) is 5.73 Å². The Morgan fingerprint density at radius 1 is 1.28 bits per heavy atom. The van der Waals surface area contributed by atoms with E-state index in [9.17, 15) is 22.4 Å². The molecule has 0 saturated carbocycles. The van der Waals surface area contributed by atoms with Crippen LogP contribution in [0.4, 0.5) is 17.6 Å². The lowest BCUT2D eigenvalue weighted by atomic mass is 10.1. The van der Waals surface area contributed by atoms with Crippen molar-refractivity contribution >= 4 is 18.3 Å². The zero-order chi connectivity index (χ0) is 13.1. The average Bonchev–Trinajstić information content (AvgIpc) is 2.23. The molecule has 1 amide bonds. The summed E-state index contributed by atoms with van der Waals surface area (Å²) in [6.07, 6.45) is -4.69. The molecule has 8 heteroatoms. The van der Waals surface area contributed by atoms with Gasteiger partial charge in [0.2, 0.25) is 0 Å². The van der Waals surface area contributed by atoms with Crippen molar-refractivity contribution in [1.29, 1.82) is 0 Å². The highest BCUT2D eigenvalue weighted by Crippen LogP contribution is 2.30. The molecule has 0 radical (unpaired) electrons. The largest absolute Gasteiger partial charge is 0.416 e. The maximum atomic E-state index is 12.9. The minimum atomic E-state index is -4.69. The minimum absolute atomic E-state index is 0. The summed E-state index contributed by atoms with van der Waals surface area (Å²) < 4.78 is 50.0. The lowest BCUT2D eigenvalue weighted by molar-refractivity contribution is -0.137. The number of alkyl halides is 3. The molecular formula is C10H11ClF4N2O. The number of carbonyl (C=O) groups is 1. The monoisotopic (exact) mass is 286 g/mol. The number of hydrogen-bond donors (Lipinski definition) is 2. The minimum Gasteiger partial charge on any atom is -0.351 e. The molecular weight excluding hydrogens is 276 g/mol. The molecule has 0 atom stereocenters. The van der Waals surface area contributed by atoms with Crippen LogP contribution in [-0.2, 0) is 6.18 Å². The third-order valence-corrected chi connectivity index (χ3v) is 1.92. The number of hydrogen-bond acceptors (Lipinski definition) is 2. The van der Waals surface area contributed by atoms with E-state index < -0.39 is 23.5 Å². The molecule has 1 aromatic rings. The summed E-state index contributed by atoms with van der Waals surface area (Å²) in [5.74, 6) is -1.90. The van der Waals surface area contributed by atoms with Crippen LogP contribution < -0.4 is 11.1 Å². The molecule has 0 bridgehead atoms. The average molecular weight is 287 g/mol. The second-order valence-electron chi connectivity index (χ2n) is 3.27. The van der Waals surface area contributed by atoms with Crippen molar-refractivity contribution in [2.75, 3.05) is 13.1 Å². The van der Waals surface area contributed by atoms with Gasteiger partial charge in [-0.05, 0) is 18.2 Å². The highest BCUT2D eigenvalue weighted by atomic mass is 35.5. The van der Waals surface area contributed by atoms with Crippen molar-refractivity contribution in [2.45, 2.75) is 6.18 Å². The first kappa shape index (κ1) is 16.7. The summed E-state index contributed by atoms with van der Waals surface area (Å²) >= 11 is 0. The zero-order valence-electron chi connectivity index (χ0n) is 9.05. The molecule has 0 unspecified atom stereocenters. The maximum absolute atomic E-state index is 12.9. The predicted octanol–water partition coefficient (Wildman–Crippen LogP) is 1.95. The number of carbonyl (C=O) groups excluding carboxylic acids is 1. The molecule has 0 heterocycles. The van der Waals surface area contributed by atoms with Crippen molar-refractivity contribution in [3.8, 4) is 0 Å². The van der Waals surface area contributed by atoms with E-state index >= 15 is 0 Å². The van der Waals surface area contributed by atoms with Gasteiger partial charge in [0.05, 0.1) is 5.56 Å². The maximum Gasteiger partial charge on any atom is 0.416 e. The molecule has 3 nitrogen and oxygen atoms in total. The number of rotatable bonds is 3. The van der Waals surface area contributed by atoms with E-state index in [1.807, 2.05) is 0 Å². The summed E-state index contributed by atoms with van der Waals surface area (Å²) in [5.41, 5.74) is 3.53. The molecule has 1 rings (SSSR count). The fraction of sp³-hybridized carbons (Fsp3) is 0.300. The van der Waals surface area contributed by atoms with Crippen molar-refractivity contribution in [1.82, 2.24) is 5.32 Å². The Labute approximate surface area is 107 Å². The molecule has 0 saturated heterocycles. The van der Waals surface area contributed by atoms with Crippen molar-refractivity contribution < 1.29 is 22.4 Å². The molecule has 0 spiro atoms. The van der Waals surface area contributed by atoms with Crippen LogP contribution in [0.1, 0.15) is 15.9 Å². The number of nitrogens with two attached hydrogens (primary N) is 1. The van der Waals surface area contributed by atoms with E-state index in [1.54, 1.807) is 0 Å². The predicted molar refractivity (Wildman–Crippen MR) is 60.0 cm³/mol. The fourth-order valence-electron chi connectivity index (χ4n) is 1.17. The van der Waals surface area contributed by atoms with Gasteiger partial charge in [-0.2, -0.15) is 13.2 Å². The van der Waals surface area contributed by atoms with Crippen molar-refractivity contribution in [3.63, 3.8) is 0 Å². The highest BCUT2D eigenvalue weighted by Gasteiger charge is 2.31. The Bertz CT molecular complexity index is 423. The van der Waals surface area contributed by atoms with Crippen LogP contribution in [0.2, 0.25) is 0 Å². The Morgan fingerprint density at radius 2 is 1.89 bits per heavy atom. The van der Waals surface area contributed by atoms with Crippen LogP contribution in [0.15, 0.2) is 18.2 Å². The smallest absolute Gasteiger partial charge is 0.351 e. The summed E-state index contributed by atoms with van der Waals surface area (Å²) in [7, 11) is 0. The molecule has 18 heavy (non-hydrogen) atoms. The second kappa shape index (κ2) is 6.55. The van der Waals surface area contributed by atoms with Gasteiger partial charge in [-0.3, -0.25) is 4.79 Å². The van der Waals surface area contributed by atoms with Crippen LogP contribution in [0, 0.1) is 5.82 Å². The van der Waals surface area contributed by atoms with E-state index in [4.69, 9.17) is 5.73 Å². The van der Waals surface area contributed by atoms with E-state index in [0.29, 0.717) is 12.1 Å². The van der Waals surface area contributed by atoms with Gasteiger partial charge < -0.3 is 11.1 Å². The van der Waals surface area contributed by atoms with Gasteiger partial charge in [-0.1, -0.05) is 0 Å². The quantitative estimate of drug-likeness (QED) is 0.835. The van der Waals surface area contributed by atoms with E-state index in [-0.39, 0.29) is 31.1 Å². The third kappa shape index (κ3) is 4.50. The highest BCUT2D eigenvalue weighted by molar-refractivity contribution is 5.94. The SMILES string of the molecule is Cl.NCCNC(=O)c1cc(F)cc(C(F)(F)F)c1. The van der Waals surface area contributed by atoms with Gasteiger partial charge in [-0.25, -0.2) is 4.39 Å². The molecule has 0 aliphatic carbocycles. The van der Waals surface area contributed by atoms with Crippen molar-refractivity contribution in [3.05, 3.63) is 35.1 Å². The van der Waals surface area contributed by atoms with E-state index in [0.717, 1.165) is 6.07 Å². The second-order valence-corrected chi connectivity index (χ2v) is 3.27. The number of amides is 1. The fourth-order valence-corrected chi connectivity index (χ4v) is 1.17. The Balaban J connectivity index is 0.00000289. The van der Waals surface area contributed by atoms with Crippen LogP contribution in [0.3, 0.4) is 0 Å². The first-order chi connectivity index (χ1) is 7.84. The van der Waals surface area contributed by atoms with Gasteiger partial charge in [-0.15, -0.1) is 12.4 Å². The topological polar surface area (TPSA) is 55.1 Å². The summed E-state index contributed by atoms with van der Waals surface area (Å²) in [4.78, 5) is 11.3. The van der Waals surface area contributed by atoms with Crippen LogP contribution in [0.5, 0.6) is 0 Å². The molecule has 0 aromatic heterocycles. The Morgan fingerprint density at radius 3 is 2.39 bits per heavy atom. The number of nitrogens with one attached hydrogen (secondary N) is 1. The van der Waals surface area contributed by atoms with E-state index in [2.05, 4.69) is 5.32 Å².